The monoisotopic (exact) mass is 380 g/mol. The average Bonchev–Trinajstić information content (AvgIpc) is 2.63. The molecule has 140 valence electrons. The maximum atomic E-state index is 12.3. The predicted molar refractivity (Wildman–Crippen MR) is 97.3 cm³/mol. The molecule has 0 aromatic heterocycles. The number of imide groups is 2. The second-order valence-corrected chi connectivity index (χ2v) is 6.35. The van der Waals surface area contributed by atoms with Gasteiger partial charge in [0, 0.05) is 14.1 Å². The molecule has 1 fully saturated rings. The van der Waals surface area contributed by atoms with Crippen LogP contribution in [-0.4, -0.2) is 55.0 Å². The minimum absolute atomic E-state index is 0.0552. The minimum Gasteiger partial charge on any atom is -0.493 e. The third-order valence-corrected chi connectivity index (χ3v) is 4.38. The molecule has 26 heavy (non-hydrogen) atoms. The number of ether oxygens (including phenoxy) is 2. The first-order valence-corrected chi connectivity index (χ1v) is 8.45. The molecule has 7 nitrogen and oxygen atoms in total. The second kappa shape index (κ2) is 7.78. The van der Waals surface area contributed by atoms with Crippen LogP contribution in [0.1, 0.15) is 25.8 Å². The molecule has 0 unspecified atom stereocenters. The van der Waals surface area contributed by atoms with E-state index in [0.29, 0.717) is 22.1 Å². The molecule has 0 bridgehead atoms. The van der Waals surface area contributed by atoms with Crippen LogP contribution in [0.5, 0.6) is 11.5 Å². The van der Waals surface area contributed by atoms with E-state index in [0.717, 1.165) is 16.2 Å². The van der Waals surface area contributed by atoms with Gasteiger partial charge in [0.25, 0.3) is 11.8 Å². The lowest BCUT2D eigenvalue weighted by Gasteiger charge is -2.28. The number of nitrogens with zero attached hydrogens (tertiary/aromatic N) is 2. The zero-order chi connectivity index (χ0) is 19.6. The summed E-state index contributed by atoms with van der Waals surface area (Å²) in [5.41, 5.74) is 0.347. The molecule has 0 radical (unpaired) electrons. The quantitative estimate of drug-likeness (QED) is 0.579. The summed E-state index contributed by atoms with van der Waals surface area (Å²) < 4.78 is 11.1. The molecule has 0 N–H and O–H groups in total. The van der Waals surface area contributed by atoms with E-state index in [2.05, 4.69) is 0 Å². The van der Waals surface area contributed by atoms with Gasteiger partial charge in [-0.05, 0) is 37.1 Å². The summed E-state index contributed by atoms with van der Waals surface area (Å²) in [7, 11) is 4.11. The number of methoxy groups -OCH3 is 1. The number of hydrogen-bond donors (Lipinski definition) is 0. The van der Waals surface area contributed by atoms with Gasteiger partial charge in [0.1, 0.15) is 5.57 Å². The molecule has 1 saturated heterocycles. The lowest BCUT2D eigenvalue weighted by Crippen LogP contribution is -2.52. The zero-order valence-corrected chi connectivity index (χ0v) is 16.1. The summed E-state index contributed by atoms with van der Waals surface area (Å²) in [6, 6.07) is 2.52. The van der Waals surface area contributed by atoms with Crippen molar-refractivity contribution in [3.8, 4) is 11.5 Å². The van der Waals surface area contributed by atoms with Crippen molar-refractivity contribution in [1.29, 1.82) is 0 Å². The average molecular weight is 381 g/mol. The van der Waals surface area contributed by atoms with Crippen LogP contribution in [0.15, 0.2) is 17.7 Å². The van der Waals surface area contributed by atoms with Crippen LogP contribution < -0.4 is 9.47 Å². The lowest BCUT2D eigenvalue weighted by molar-refractivity contribution is -0.134. The van der Waals surface area contributed by atoms with Gasteiger partial charge in [-0.1, -0.05) is 18.5 Å². The first kappa shape index (κ1) is 19.8. The van der Waals surface area contributed by atoms with E-state index in [9.17, 15) is 14.4 Å². The van der Waals surface area contributed by atoms with Gasteiger partial charge < -0.3 is 9.47 Å². The van der Waals surface area contributed by atoms with Crippen molar-refractivity contribution >= 4 is 35.5 Å². The Kier molecular flexibility index (Phi) is 5.92. The molecule has 1 aliphatic rings. The summed E-state index contributed by atoms with van der Waals surface area (Å²) >= 11 is 6.31. The summed E-state index contributed by atoms with van der Waals surface area (Å²) in [6.45, 7) is 3.89. The highest BCUT2D eigenvalue weighted by Gasteiger charge is 2.37. The number of likely N-dealkylation sites (N-methyl/N-ethyl adjacent to an activating group) is 2. The van der Waals surface area contributed by atoms with E-state index >= 15 is 0 Å². The Bertz CT molecular complexity index is 764. The van der Waals surface area contributed by atoms with E-state index in [1.165, 1.54) is 27.3 Å². The molecule has 0 aliphatic carbocycles. The van der Waals surface area contributed by atoms with Gasteiger partial charge in [-0.25, -0.2) is 4.79 Å². The fourth-order valence-corrected chi connectivity index (χ4v) is 2.63. The first-order chi connectivity index (χ1) is 12.2. The fourth-order valence-electron chi connectivity index (χ4n) is 2.36. The Labute approximate surface area is 157 Å². The summed E-state index contributed by atoms with van der Waals surface area (Å²) in [5.74, 6) is -0.559. The molecule has 1 atom stereocenters. The van der Waals surface area contributed by atoms with Gasteiger partial charge in [0.15, 0.2) is 11.5 Å². The largest absolute Gasteiger partial charge is 0.493 e. The second-order valence-electron chi connectivity index (χ2n) is 5.94. The number of rotatable bonds is 5. The predicted octanol–water partition coefficient (Wildman–Crippen LogP) is 2.96. The van der Waals surface area contributed by atoms with Crippen LogP contribution in [0.25, 0.3) is 6.08 Å². The number of benzene rings is 1. The van der Waals surface area contributed by atoms with Crippen LogP contribution in [0.4, 0.5) is 4.79 Å². The Balaban J connectivity index is 2.47. The molecule has 0 saturated carbocycles. The van der Waals surface area contributed by atoms with Crippen molar-refractivity contribution in [3.05, 3.63) is 28.3 Å². The van der Waals surface area contributed by atoms with Crippen LogP contribution in [0.3, 0.4) is 0 Å². The van der Waals surface area contributed by atoms with Gasteiger partial charge in [-0.2, -0.15) is 0 Å². The molecule has 1 aliphatic heterocycles. The molecule has 8 heteroatoms. The highest BCUT2D eigenvalue weighted by molar-refractivity contribution is 6.33. The van der Waals surface area contributed by atoms with Gasteiger partial charge in [-0.3, -0.25) is 19.4 Å². The maximum absolute atomic E-state index is 12.3. The van der Waals surface area contributed by atoms with Crippen molar-refractivity contribution in [3.63, 3.8) is 0 Å². The SMILES string of the molecule is CC[C@H](C)Oc1c(Cl)cc(C=C2C(=O)N(C)C(=O)N(C)C2=O)cc1OC. The van der Waals surface area contributed by atoms with Crippen LogP contribution in [0, 0.1) is 0 Å². The smallest absolute Gasteiger partial charge is 0.333 e. The van der Waals surface area contributed by atoms with Crippen molar-refractivity contribution in [2.75, 3.05) is 21.2 Å². The number of hydrogen-bond acceptors (Lipinski definition) is 5. The molecular weight excluding hydrogens is 360 g/mol. The third-order valence-electron chi connectivity index (χ3n) is 4.10. The van der Waals surface area contributed by atoms with Gasteiger partial charge >= 0.3 is 6.03 Å². The fraction of sp³-hybridized carbons (Fsp3) is 0.389. The van der Waals surface area contributed by atoms with Gasteiger partial charge in [0.2, 0.25) is 0 Å². The first-order valence-electron chi connectivity index (χ1n) is 8.07. The van der Waals surface area contributed by atoms with E-state index < -0.39 is 17.8 Å². The molecule has 2 rings (SSSR count). The molecular formula is C18H21ClN2O5. The van der Waals surface area contributed by atoms with Crippen molar-refractivity contribution in [2.45, 2.75) is 26.4 Å². The van der Waals surface area contributed by atoms with Crippen LogP contribution in [-0.2, 0) is 9.59 Å². The Morgan fingerprint density at radius 1 is 1.15 bits per heavy atom. The number of barbiturate groups is 1. The molecule has 1 heterocycles. The van der Waals surface area contributed by atoms with Crippen molar-refractivity contribution < 1.29 is 23.9 Å². The highest BCUT2D eigenvalue weighted by Crippen LogP contribution is 2.38. The van der Waals surface area contributed by atoms with E-state index in [-0.39, 0.29) is 11.7 Å². The number of carbonyl (C=O) groups is 3. The molecule has 1 aromatic rings. The Morgan fingerprint density at radius 3 is 2.23 bits per heavy atom. The number of urea groups is 1. The van der Waals surface area contributed by atoms with Crippen LogP contribution >= 0.6 is 11.6 Å². The number of halogens is 1. The Morgan fingerprint density at radius 2 is 1.73 bits per heavy atom. The maximum Gasteiger partial charge on any atom is 0.333 e. The van der Waals surface area contributed by atoms with Gasteiger partial charge in [-0.15, -0.1) is 0 Å². The standard InChI is InChI=1S/C18H21ClN2O5/c1-6-10(2)26-15-13(19)8-11(9-14(15)25-5)7-12-16(22)20(3)18(24)21(4)17(12)23/h7-10H,6H2,1-5H3/t10-/m0/s1. The summed E-state index contributed by atoms with van der Waals surface area (Å²) in [5, 5.41) is 0.296. The van der Waals surface area contributed by atoms with E-state index in [4.69, 9.17) is 21.1 Å². The highest BCUT2D eigenvalue weighted by atomic mass is 35.5. The minimum atomic E-state index is -0.676. The normalized spacial score (nSPS) is 16.1. The Hall–Kier alpha value is -2.54. The molecule has 0 spiro atoms. The summed E-state index contributed by atoms with van der Waals surface area (Å²) in [6.07, 6.45) is 2.12. The summed E-state index contributed by atoms with van der Waals surface area (Å²) in [4.78, 5) is 38.1. The molecule has 4 amide bonds. The van der Waals surface area contributed by atoms with E-state index in [1.54, 1.807) is 12.1 Å². The molecule has 1 aromatic carbocycles. The van der Waals surface area contributed by atoms with Crippen LogP contribution in [0.2, 0.25) is 5.02 Å². The van der Waals surface area contributed by atoms with Crippen molar-refractivity contribution in [1.82, 2.24) is 9.80 Å². The third kappa shape index (κ3) is 3.67. The van der Waals surface area contributed by atoms with Crippen molar-refractivity contribution in [2.24, 2.45) is 0 Å². The zero-order valence-electron chi connectivity index (χ0n) is 15.3. The van der Waals surface area contributed by atoms with Gasteiger partial charge in [0.05, 0.1) is 18.2 Å². The lowest BCUT2D eigenvalue weighted by atomic mass is 10.1. The topological polar surface area (TPSA) is 76.2 Å². The number of amides is 4. The number of carbonyl (C=O) groups excluding carboxylic acids is 3. The van der Waals surface area contributed by atoms with E-state index in [1.807, 2.05) is 13.8 Å².